The number of nitrogens with one attached hydrogen (secondary N) is 1. The molecular formula is C11H14BrClN2O. The first-order chi connectivity index (χ1) is 7.36. The summed E-state index contributed by atoms with van der Waals surface area (Å²) < 4.78 is 0.889. The number of alkyl halides is 1. The van der Waals surface area contributed by atoms with Crippen LogP contribution in [0.25, 0.3) is 0 Å². The van der Waals surface area contributed by atoms with Gasteiger partial charge in [-0.05, 0) is 48.3 Å². The molecule has 1 N–H and O–H groups in total. The fourth-order valence-electron chi connectivity index (χ4n) is 1.01. The molecule has 0 aliphatic carbocycles. The van der Waals surface area contributed by atoms with E-state index in [2.05, 4.69) is 26.2 Å². The second-order valence-corrected chi connectivity index (χ2v) is 5.47. The lowest BCUT2D eigenvalue weighted by molar-refractivity contribution is -0.123. The van der Waals surface area contributed by atoms with Gasteiger partial charge in [-0.2, -0.15) is 0 Å². The second-order valence-electron chi connectivity index (χ2n) is 4.29. The van der Waals surface area contributed by atoms with Crippen LogP contribution in [0.4, 0.5) is 5.82 Å². The number of aromatic nitrogens is 1. The van der Waals surface area contributed by atoms with Gasteiger partial charge in [0, 0.05) is 16.5 Å². The van der Waals surface area contributed by atoms with Crippen LogP contribution in [0, 0.1) is 12.3 Å². The van der Waals surface area contributed by atoms with Crippen molar-refractivity contribution in [2.24, 2.45) is 5.41 Å². The molecule has 0 radical (unpaired) electrons. The Morgan fingerprint density at radius 3 is 2.75 bits per heavy atom. The Morgan fingerprint density at radius 2 is 2.25 bits per heavy atom. The molecule has 0 aromatic carbocycles. The van der Waals surface area contributed by atoms with Crippen LogP contribution in [0.5, 0.6) is 0 Å². The molecule has 1 aromatic rings. The maximum absolute atomic E-state index is 11.9. The Hall–Kier alpha value is -0.610. The molecule has 0 saturated carbocycles. The zero-order valence-electron chi connectivity index (χ0n) is 9.47. The lowest BCUT2D eigenvalue weighted by atomic mass is 9.95. The molecule has 0 atom stereocenters. The molecule has 1 aromatic heterocycles. The van der Waals surface area contributed by atoms with Crippen LogP contribution in [0.2, 0.25) is 0 Å². The lowest BCUT2D eigenvalue weighted by Crippen LogP contribution is -2.32. The average molecular weight is 306 g/mol. The van der Waals surface area contributed by atoms with E-state index in [1.54, 1.807) is 20.0 Å². The van der Waals surface area contributed by atoms with Gasteiger partial charge in [0.2, 0.25) is 5.91 Å². The molecule has 0 bridgehead atoms. The number of amides is 1. The Bertz CT molecular complexity index is 407. The first-order valence-electron chi connectivity index (χ1n) is 4.86. The normalized spacial score (nSPS) is 11.3. The van der Waals surface area contributed by atoms with Crippen LogP contribution >= 0.6 is 27.5 Å². The Morgan fingerprint density at radius 1 is 1.62 bits per heavy atom. The highest BCUT2D eigenvalue weighted by molar-refractivity contribution is 9.10. The third kappa shape index (κ3) is 3.19. The van der Waals surface area contributed by atoms with Gasteiger partial charge >= 0.3 is 0 Å². The smallest absolute Gasteiger partial charge is 0.232 e. The molecule has 88 valence electrons. The average Bonchev–Trinajstić information content (AvgIpc) is 2.22. The number of halogens is 2. The van der Waals surface area contributed by atoms with Crippen molar-refractivity contribution in [1.82, 2.24) is 4.98 Å². The summed E-state index contributed by atoms with van der Waals surface area (Å²) in [6.45, 7) is 5.48. The van der Waals surface area contributed by atoms with Gasteiger partial charge in [0.05, 0.1) is 5.41 Å². The summed E-state index contributed by atoms with van der Waals surface area (Å²) in [5.74, 6) is 0.723. The summed E-state index contributed by atoms with van der Waals surface area (Å²) in [7, 11) is 0. The van der Waals surface area contributed by atoms with Crippen molar-refractivity contribution in [3.8, 4) is 0 Å². The molecule has 0 fully saturated rings. The van der Waals surface area contributed by atoms with Gasteiger partial charge in [-0.15, -0.1) is 11.6 Å². The van der Waals surface area contributed by atoms with E-state index < -0.39 is 5.41 Å². The predicted molar refractivity (Wildman–Crippen MR) is 69.8 cm³/mol. The van der Waals surface area contributed by atoms with Gasteiger partial charge in [0.15, 0.2) is 0 Å². The predicted octanol–water partition coefficient (Wildman–Crippen LogP) is 3.36. The van der Waals surface area contributed by atoms with E-state index in [-0.39, 0.29) is 11.8 Å². The van der Waals surface area contributed by atoms with E-state index in [1.165, 1.54) is 0 Å². The van der Waals surface area contributed by atoms with Crippen molar-refractivity contribution in [3.05, 3.63) is 22.3 Å². The number of carbonyl (C=O) groups excluding carboxylic acids is 1. The van der Waals surface area contributed by atoms with E-state index in [4.69, 9.17) is 11.6 Å². The van der Waals surface area contributed by atoms with Gasteiger partial charge in [0.1, 0.15) is 5.82 Å². The summed E-state index contributed by atoms with van der Waals surface area (Å²) >= 11 is 9.05. The van der Waals surface area contributed by atoms with Gasteiger partial charge < -0.3 is 5.32 Å². The molecule has 1 heterocycles. The number of rotatable bonds is 3. The van der Waals surface area contributed by atoms with Crippen molar-refractivity contribution < 1.29 is 4.79 Å². The molecule has 3 nitrogen and oxygen atoms in total. The van der Waals surface area contributed by atoms with E-state index in [0.29, 0.717) is 5.82 Å². The third-order valence-corrected chi connectivity index (χ3v) is 3.33. The third-order valence-electron chi connectivity index (χ3n) is 2.23. The SMILES string of the molecule is Cc1cc(Br)cnc1NC(=O)C(C)(C)CCl. The van der Waals surface area contributed by atoms with Gasteiger partial charge in [-0.3, -0.25) is 4.79 Å². The van der Waals surface area contributed by atoms with Crippen LogP contribution in [-0.2, 0) is 4.79 Å². The molecule has 0 saturated heterocycles. The molecule has 0 spiro atoms. The number of pyridine rings is 1. The van der Waals surface area contributed by atoms with E-state index >= 15 is 0 Å². The molecule has 0 aliphatic heterocycles. The number of carbonyl (C=O) groups is 1. The van der Waals surface area contributed by atoms with Gasteiger partial charge in [-0.25, -0.2) is 4.98 Å². The molecule has 0 unspecified atom stereocenters. The summed E-state index contributed by atoms with van der Waals surface area (Å²) in [4.78, 5) is 16.0. The largest absolute Gasteiger partial charge is 0.310 e. The molecule has 16 heavy (non-hydrogen) atoms. The molecule has 1 rings (SSSR count). The minimum absolute atomic E-state index is 0.125. The summed E-state index contributed by atoms with van der Waals surface area (Å²) in [5.41, 5.74) is 0.316. The fraction of sp³-hybridized carbons (Fsp3) is 0.455. The fourth-order valence-corrected chi connectivity index (χ4v) is 1.58. The van der Waals surface area contributed by atoms with Crippen molar-refractivity contribution >= 4 is 39.3 Å². The van der Waals surface area contributed by atoms with Crippen LogP contribution in [-0.4, -0.2) is 16.8 Å². The Balaban J connectivity index is 2.85. The topological polar surface area (TPSA) is 42.0 Å². The first kappa shape index (κ1) is 13.5. The quantitative estimate of drug-likeness (QED) is 0.870. The lowest BCUT2D eigenvalue weighted by Gasteiger charge is -2.20. The zero-order valence-corrected chi connectivity index (χ0v) is 11.8. The highest BCUT2D eigenvalue weighted by Crippen LogP contribution is 2.22. The number of nitrogens with zero attached hydrogens (tertiary/aromatic N) is 1. The van der Waals surface area contributed by atoms with Crippen LogP contribution in [0.3, 0.4) is 0 Å². The van der Waals surface area contributed by atoms with Gasteiger partial charge in [-0.1, -0.05) is 0 Å². The first-order valence-corrected chi connectivity index (χ1v) is 6.19. The minimum Gasteiger partial charge on any atom is -0.310 e. The summed E-state index contributed by atoms with van der Waals surface area (Å²) in [6, 6.07) is 1.90. The monoisotopic (exact) mass is 304 g/mol. The molecule has 1 amide bonds. The van der Waals surface area contributed by atoms with Crippen molar-refractivity contribution in [3.63, 3.8) is 0 Å². The number of hydrogen-bond acceptors (Lipinski definition) is 2. The highest BCUT2D eigenvalue weighted by Gasteiger charge is 2.27. The van der Waals surface area contributed by atoms with Crippen molar-refractivity contribution in [1.29, 1.82) is 0 Å². The molecular weight excluding hydrogens is 291 g/mol. The standard InChI is InChI=1S/C11H14BrClN2O/c1-7-4-8(12)5-14-9(7)15-10(16)11(2,3)6-13/h4-5H,6H2,1-3H3,(H,14,15,16). The molecule has 5 heteroatoms. The minimum atomic E-state index is -0.594. The highest BCUT2D eigenvalue weighted by atomic mass is 79.9. The van der Waals surface area contributed by atoms with Gasteiger partial charge in [0.25, 0.3) is 0 Å². The van der Waals surface area contributed by atoms with E-state index in [9.17, 15) is 4.79 Å². The number of hydrogen-bond donors (Lipinski definition) is 1. The molecule has 0 aliphatic rings. The van der Waals surface area contributed by atoms with E-state index in [1.807, 2.05) is 13.0 Å². The maximum atomic E-state index is 11.9. The summed E-state index contributed by atoms with van der Waals surface area (Å²) in [5, 5.41) is 2.77. The number of anilines is 1. The Labute approximate surface area is 109 Å². The second kappa shape index (κ2) is 5.15. The summed E-state index contributed by atoms with van der Waals surface area (Å²) in [6.07, 6.45) is 1.65. The van der Waals surface area contributed by atoms with Crippen molar-refractivity contribution in [2.75, 3.05) is 11.2 Å². The number of aryl methyl sites for hydroxylation is 1. The van der Waals surface area contributed by atoms with Crippen LogP contribution in [0.1, 0.15) is 19.4 Å². The zero-order chi connectivity index (χ0) is 12.3. The van der Waals surface area contributed by atoms with Crippen molar-refractivity contribution in [2.45, 2.75) is 20.8 Å². The van der Waals surface area contributed by atoms with E-state index in [0.717, 1.165) is 10.0 Å². The maximum Gasteiger partial charge on any atom is 0.232 e. The van der Waals surface area contributed by atoms with Crippen LogP contribution in [0.15, 0.2) is 16.7 Å². The Kier molecular flexibility index (Phi) is 4.33. The van der Waals surface area contributed by atoms with Crippen LogP contribution < -0.4 is 5.32 Å².